The van der Waals surface area contributed by atoms with Crippen LogP contribution in [0.5, 0.6) is 0 Å². The van der Waals surface area contributed by atoms with Gasteiger partial charge in [0, 0.05) is 12.2 Å². The standard InChI is InChI=1S/C12H18N2O2S/c1-9(2)12(13)14-8-10-4-6-11(7-5-10)17(3,15)16/h4-7,9H,8H2,1-3H3,(H2,13,14). The molecule has 0 saturated heterocycles. The van der Waals surface area contributed by atoms with Gasteiger partial charge in [-0.05, 0) is 17.7 Å². The molecule has 94 valence electrons. The Hall–Kier alpha value is -1.36. The normalized spacial score (nSPS) is 13.1. The molecule has 4 nitrogen and oxygen atoms in total. The van der Waals surface area contributed by atoms with Crippen LogP contribution in [0.25, 0.3) is 0 Å². The van der Waals surface area contributed by atoms with Crippen molar-refractivity contribution in [3.05, 3.63) is 29.8 Å². The fraction of sp³-hybridized carbons (Fsp3) is 0.417. The van der Waals surface area contributed by atoms with Crippen LogP contribution in [0.2, 0.25) is 0 Å². The molecule has 0 heterocycles. The highest BCUT2D eigenvalue weighted by atomic mass is 32.2. The third-order valence-electron chi connectivity index (χ3n) is 2.39. The zero-order valence-corrected chi connectivity index (χ0v) is 11.2. The van der Waals surface area contributed by atoms with Crippen LogP contribution in [0.4, 0.5) is 0 Å². The Morgan fingerprint density at radius 2 is 1.82 bits per heavy atom. The van der Waals surface area contributed by atoms with E-state index in [1.54, 1.807) is 24.3 Å². The lowest BCUT2D eigenvalue weighted by atomic mass is 10.2. The molecule has 2 N–H and O–H groups in total. The molecule has 0 radical (unpaired) electrons. The van der Waals surface area contributed by atoms with Gasteiger partial charge in [0.15, 0.2) is 9.84 Å². The molecule has 0 spiro atoms. The van der Waals surface area contributed by atoms with Gasteiger partial charge in [-0.2, -0.15) is 0 Å². The van der Waals surface area contributed by atoms with Crippen LogP contribution in [0, 0.1) is 5.92 Å². The Labute approximate surface area is 102 Å². The van der Waals surface area contributed by atoms with Crippen LogP contribution in [-0.2, 0) is 16.4 Å². The van der Waals surface area contributed by atoms with Crippen molar-refractivity contribution in [1.82, 2.24) is 0 Å². The van der Waals surface area contributed by atoms with Crippen molar-refractivity contribution in [2.24, 2.45) is 16.6 Å². The maximum atomic E-state index is 11.3. The molecule has 1 aromatic carbocycles. The summed E-state index contributed by atoms with van der Waals surface area (Å²) in [6.45, 7) is 4.44. The summed E-state index contributed by atoms with van der Waals surface area (Å²) in [4.78, 5) is 4.55. The van der Waals surface area contributed by atoms with Crippen LogP contribution in [0.15, 0.2) is 34.2 Å². The van der Waals surface area contributed by atoms with E-state index in [4.69, 9.17) is 5.73 Å². The molecule has 0 aromatic heterocycles. The zero-order chi connectivity index (χ0) is 13.1. The second-order valence-corrected chi connectivity index (χ2v) is 6.33. The fourth-order valence-corrected chi connectivity index (χ4v) is 1.84. The number of amidine groups is 1. The van der Waals surface area contributed by atoms with E-state index >= 15 is 0 Å². The minimum absolute atomic E-state index is 0.227. The smallest absolute Gasteiger partial charge is 0.175 e. The molecular formula is C12H18N2O2S. The summed E-state index contributed by atoms with van der Waals surface area (Å²) in [5.74, 6) is 0.836. The van der Waals surface area contributed by atoms with Gasteiger partial charge < -0.3 is 5.73 Å². The lowest BCUT2D eigenvalue weighted by molar-refractivity contribution is 0.602. The molecule has 5 heteroatoms. The molecule has 0 aliphatic heterocycles. The number of hydrogen-bond donors (Lipinski definition) is 1. The van der Waals surface area contributed by atoms with Crippen molar-refractivity contribution in [3.63, 3.8) is 0 Å². The highest BCUT2D eigenvalue weighted by Gasteiger charge is 2.06. The van der Waals surface area contributed by atoms with Crippen molar-refractivity contribution in [2.75, 3.05) is 6.26 Å². The molecule has 17 heavy (non-hydrogen) atoms. The lowest BCUT2D eigenvalue weighted by Gasteiger charge is -2.04. The summed E-state index contributed by atoms with van der Waals surface area (Å²) in [6, 6.07) is 6.69. The molecule has 1 aromatic rings. The largest absolute Gasteiger partial charge is 0.387 e. The first-order chi connectivity index (χ1) is 7.80. The summed E-state index contributed by atoms with van der Waals surface area (Å²) < 4.78 is 22.5. The van der Waals surface area contributed by atoms with E-state index in [-0.39, 0.29) is 5.92 Å². The second-order valence-electron chi connectivity index (χ2n) is 4.31. The summed E-state index contributed by atoms with van der Waals surface area (Å²) in [7, 11) is -3.12. The number of rotatable bonds is 4. The molecule has 0 fully saturated rings. The topological polar surface area (TPSA) is 72.5 Å². The fourth-order valence-electron chi connectivity index (χ4n) is 1.21. The van der Waals surface area contributed by atoms with E-state index in [9.17, 15) is 8.42 Å². The number of nitrogens with zero attached hydrogens (tertiary/aromatic N) is 1. The van der Waals surface area contributed by atoms with Crippen molar-refractivity contribution >= 4 is 15.7 Å². The van der Waals surface area contributed by atoms with Crippen LogP contribution in [0.3, 0.4) is 0 Å². The maximum Gasteiger partial charge on any atom is 0.175 e. The Kier molecular flexibility index (Phi) is 4.28. The monoisotopic (exact) mass is 254 g/mol. The maximum absolute atomic E-state index is 11.3. The molecule has 1 rings (SSSR count). The predicted octanol–water partition coefficient (Wildman–Crippen LogP) is 1.60. The van der Waals surface area contributed by atoms with E-state index < -0.39 is 9.84 Å². The number of aliphatic imine (C=N–C) groups is 1. The van der Waals surface area contributed by atoms with Crippen LogP contribution >= 0.6 is 0 Å². The van der Waals surface area contributed by atoms with Gasteiger partial charge in [-0.1, -0.05) is 26.0 Å². The molecule has 0 saturated carbocycles. The van der Waals surface area contributed by atoms with E-state index in [2.05, 4.69) is 4.99 Å². The van der Waals surface area contributed by atoms with Gasteiger partial charge in [-0.3, -0.25) is 4.99 Å². The SMILES string of the molecule is CC(C)C(N)=NCc1ccc(S(C)(=O)=O)cc1. The van der Waals surface area contributed by atoms with E-state index in [1.807, 2.05) is 13.8 Å². The predicted molar refractivity (Wildman–Crippen MR) is 69.7 cm³/mol. The molecular weight excluding hydrogens is 236 g/mol. The van der Waals surface area contributed by atoms with Crippen molar-refractivity contribution in [3.8, 4) is 0 Å². The number of benzene rings is 1. The van der Waals surface area contributed by atoms with Gasteiger partial charge in [-0.15, -0.1) is 0 Å². The molecule has 0 unspecified atom stereocenters. The van der Waals surface area contributed by atoms with Crippen LogP contribution in [0.1, 0.15) is 19.4 Å². The summed E-state index contributed by atoms with van der Waals surface area (Å²) in [5.41, 5.74) is 6.66. The number of nitrogens with two attached hydrogens (primary N) is 1. The minimum atomic E-state index is -3.12. The number of hydrogen-bond acceptors (Lipinski definition) is 3. The molecule has 0 atom stereocenters. The van der Waals surface area contributed by atoms with Gasteiger partial charge in [0.1, 0.15) is 0 Å². The zero-order valence-electron chi connectivity index (χ0n) is 10.3. The van der Waals surface area contributed by atoms with Gasteiger partial charge in [-0.25, -0.2) is 8.42 Å². The second kappa shape index (κ2) is 5.31. The Bertz CT molecular complexity index is 502. The molecule has 0 aliphatic carbocycles. The first kappa shape index (κ1) is 13.7. The van der Waals surface area contributed by atoms with E-state index in [0.717, 1.165) is 5.56 Å². The van der Waals surface area contributed by atoms with E-state index in [1.165, 1.54) is 6.26 Å². The van der Waals surface area contributed by atoms with Crippen molar-refractivity contribution < 1.29 is 8.42 Å². The average molecular weight is 254 g/mol. The highest BCUT2D eigenvalue weighted by molar-refractivity contribution is 7.90. The summed E-state index contributed by atoms with van der Waals surface area (Å²) in [5, 5.41) is 0. The van der Waals surface area contributed by atoms with Gasteiger partial charge >= 0.3 is 0 Å². The van der Waals surface area contributed by atoms with Crippen molar-refractivity contribution in [1.29, 1.82) is 0 Å². The summed E-state index contributed by atoms with van der Waals surface area (Å²) in [6.07, 6.45) is 1.19. The van der Waals surface area contributed by atoms with Gasteiger partial charge in [0.25, 0.3) is 0 Å². The van der Waals surface area contributed by atoms with Gasteiger partial charge in [0.2, 0.25) is 0 Å². The Morgan fingerprint density at radius 1 is 1.29 bits per heavy atom. The first-order valence-corrected chi connectivity index (χ1v) is 7.28. The third kappa shape index (κ3) is 4.19. The molecule has 0 amide bonds. The van der Waals surface area contributed by atoms with Crippen LogP contribution < -0.4 is 5.73 Å². The average Bonchev–Trinajstić information content (AvgIpc) is 2.25. The molecule has 0 bridgehead atoms. The first-order valence-electron chi connectivity index (χ1n) is 5.39. The Balaban J connectivity index is 2.80. The Morgan fingerprint density at radius 3 is 2.24 bits per heavy atom. The third-order valence-corrected chi connectivity index (χ3v) is 3.52. The summed E-state index contributed by atoms with van der Waals surface area (Å²) >= 11 is 0. The van der Waals surface area contributed by atoms with Crippen molar-refractivity contribution in [2.45, 2.75) is 25.3 Å². The lowest BCUT2D eigenvalue weighted by Crippen LogP contribution is -2.18. The van der Waals surface area contributed by atoms with E-state index in [0.29, 0.717) is 17.3 Å². The van der Waals surface area contributed by atoms with Crippen LogP contribution in [-0.4, -0.2) is 20.5 Å². The highest BCUT2D eigenvalue weighted by Crippen LogP contribution is 2.11. The van der Waals surface area contributed by atoms with Gasteiger partial charge in [0.05, 0.1) is 17.3 Å². The molecule has 0 aliphatic rings. The minimum Gasteiger partial charge on any atom is -0.387 e. The quantitative estimate of drug-likeness (QED) is 0.655. The number of sulfone groups is 1.